The van der Waals surface area contributed by atoms with Gasteiger partial charge in [-0.25, -0.2) is 4.21 Å². The minimum absolute atomic E-state index is 0.368. The van der Waals surface area contributed by atoms with Crippen molar-refractivity contribution in [2.45, 2.75) is 9.79 Å². The topological polar surface area (TPSA) is 62.1 Å². The Bertz CT molecular complexity index is 949. The van der Waals surface area contributed by atoms with E-state index < -0.39 is 10.8 Å². The van der Waals surface area contributed by atoms with Crippen molar-refractivity contribution < 1.29 is 8.95 Å². The van der Waals surface area contributed by atoms with Crippen molar-refractivity contribution in [3.63, 3.8) is 0 Å². The Labute approximate surface area is 149 Å². The maximum Gasteiger partial charge on any atom is 0.120 e. The standard InChI is InChI=1S/C20H16N2O2S/c1-24-16-9-5-10-17(13-16)25(23)20-12-6-11-19(18(20)14-21)22-15-7-3-2-4-8-15/h2-13,22H,1H3. The Morgan fingerprint density at radius 3 is 2.48 bits per heavy atom. The van der Waals surface area contributed by atoms with E-state index in [-0.39, 0.29) is 0 Å². The van der Waals surface area contributed by atoms with Crippen LogP contribution in [0.4, 0.5) is 11.4 Å². The summed E-state index contributed by atoms with van der Waals surface area (Å²) in [5.74, 6) is 0.628. The fourth-order valence-corrected chi connectivity index (χ4v) is 3.65. The molecular formula is C20H16N2O2S. The maximum absolute atomic E-state index is 13.0. The summed E-state index contributed by atoms with van der Waals surface area (Å²) in [5, 5.41) is 12.8. The first kappa shape index (κ1) is 16.7. The highest BCUT2D eigenvalue weighted by atomic mass is 32.2. The Kier molecular flexibility index (Phi) is 5.12. The molecule has 0 amide bonds. The first-order valence-electron chi connectivity index (χ1n) is 7.64. The highest BCUT2D eigenvalue weighted by Crippen LogP contribution is 2.29. The van der Waals surface area contributed by atoms with Gasteiger partial charge in [-0.3, -0.25) is 0 Å². The normalized spacial score (nSPS) is 11.4. The number of para-hydroxylation sites is 1. The highest BCUT2D eigenvalue weighted by Gasteiger charge is 2.16. The molecule has 0 radical (unpaired) electrons. The van der Waals surface area contributed by atoms with Gasteiger partial charge < -0.3 is 10.1 Å². The molecule has 0 aliphatic rings. The van der Waals surface area contributed by atoms with E-state index >= 15 is 0 Å². The van der Waals surface area contributed by atoms with Crippen LogP contribution in [-0.4, -0.2) is 11.3 Å². The summed E-state index contributed by atoms with van der Waals surface area (Å²) >= 11 is 0. The lowest BCUT2D eigenvalue weighted by Gasteiger charge is -2.12. The van der Waals surface area contributed by atoms with E-state index in [4.69, 9.17) is 4.74 Å². The number of nitrogens with zero attached hydrogens (tertiary/aromatic N) is 1. The number of methoxy groups -OCH3 is 1. The van der Waals surface area contributed by atoms with E-state index in [1.54, 1.807) is 49.6 Å². The van der Waals surface area contributed by atoms with E-state index in [1.807, 2.05) is 30.3 Å². The first-order chi connectivity index (χ1) is 12.2. The molecule has 1 N–H and O–H groups in total. The molecule has 0 fully saturated rings. The summed E-state index contributed by atoms with van der Waals surface area (Å²) in [5.41, 5.74) is 1.86. The van der Waals surface area contributed by atoms with Gasteiger partial charge >= 0.3 is 0 Å². The summed E-state index contributed by atoms with van der Waals surface area (Å²) in [7, 11) is 0.0818. The zero-order valence-electron chi connectivity index (χ0n) is 13.6. The molecular weight excluding hydrogens is 332 g/mol. The molecule has 1 unspecified atom stereocenters. The van der Waals surface area contributed by atoms with Crippen molar-refractivity contribution in [2.24, 2.45) is 0 Å². The number of nitriles is 1. The summed E-state index contributed by atoms with van der Waals surface area (Å²) in [6.07, 6.45) is 0. The fraction of sp³-hybridized carbons (Fsp3) is 0.0500. The Balaban J connectivity index is 2.00. The van der Waals surface area contributed by atoms with Crippen LogP contribution in [0, 0.1) is 11.3 Å². The molecule has 0 bridgehead atoms. The van der Waals surface area contributed by atoms with Crippen LogP contribution in [0.1, 0.15) is 5.56 Å². The van der Waals surface area contributed by atoms with E-state index in [0.717, 1.165) is 5.69 Å². The molecule has 3 aromatic rings. The molecule has 0 saturated carbocycles. The number of anilines is 2. The molecule has 0 saturated heterocycles. The summed E-state index contributed by atoms with van der Waals surface area (Å²) in [4.78, 5) is 1.06. The number of hydrogen-bond donors (Lipinski definition) is 1. The van der Waals surface area contributed by atoms with Crippen molar-refractivity contribution >= 4 is 22.2 Å². The van der Waals surface area contributed by atoms with E-state index in [0.29, 0.717) is 26.8 Å². The largest absolute Gasteiger partial charge is 0.497 e. The number of benzene rings is 3. The molecule has 3 aromatic carbocycles. The fourth-order valence-electron chi connectivity index (χ4n) is 2.43. The second kappa shape index (κ2) is 7.65. The molecule has 3 rings (SSSR count). The number of nitrogens with one attached hydrogen (secondary N) is 1. The SMILES string of the molecule is COc1cccc(S(=O)c2cccc(Nc3ccccc3)c2C#N)c1. The van der Waals surface area contributed by atoms with Crippen LogP contribution in [0.3, 0.4) is 0 Å². The highest BCUT2D eigenvalue weighted by molar-refractivity contribution is 7.85. The van der Waals surface area contributed by atoms with Crippen LogP contribution >= 0.6 is 0 Å². The van der Waals surface area contributed by atoms with Crippen LogP contribution in [0.25, 0.3) is 0 Å². The van der Waals surface area contributed by atoms with Crippen molar-refractivity contribution in [3.8, 4) is 11.8 Å². The van der Waals surface area contributed by atoms with E-state index in [9.17, 15) is 9.47 Å². The lowest BCUT2D eigenvalue weighted by atomic mass is 10.2. The minimum atomic E-state index is -1.48. The smallest absolute Gasteiger partial charge is 0.120 e. The Morgan fingerprint density at radius 1 is 1.00 bits per heavy atom. The average Bonchev–Trinajstić information content (AvgIpc) is 2.68. The summed E-state index contributed by atoms with van der Waals surface area (Å²) < 4.78 is 18.2. The van der Waals surface area contributed by atoms with Crippen molar-refractivity contribution in [1.82, 2.24) is 0 Å². The number of hydrogen-bond acceptors (Lipinski definition) is 4. The number of ether oxygens (including phenoxy) is 1. The van der Waals surface area contributed by atoms with Gasteiger partial charge in [0.2, 0.25) is 0 Å². The van der Waals surface area contributed by atoms with Gasteiger partial charge in [-0.2, -0.15) is 5.26 Å². The Morgan fingerprint density at radius 2 is 1.76 bits per heavy atom. The molecule has 0 aliphatic carbocycles. The quantitative estimate of drug-likeness (QED) is 0.738. The van der Waals surface area contributed by atoms with Crippen LogP contribution in [0.5, 0.6) is 5.75 Å². The molecule has 1 atom stereocenters. The molecule has 0 aromatic heterocycles. The lowest BCUT2D eigenvalue weighted by Crippen LogP contribution is -2.01. The molecule has 4 nitrogen and oxygen atoms in total. The molecule has 0 aliphatic heterocycles. The molecule has 0 spiro atoms. The van der Waals surface area contributed by atoms with Crippen molar-refractivity contribution in [2.75, 3.05) is 12.4 Å². The average molecular weight is 348 g/mol. The van der Waals surface area contributed by atoms with E-state index in [1.165, 1.54) is 0 Å². The third-order valence-corrected chi connectivity index (χ3v) is 5.07. The predicted octanol–water partition coefficient (Wildman–Crippen LogP) is 4.48. The lowest BCUT2D eigenvalue weighted by molar-refractivity contribution is 0.413. The van der Waals surface area contributed by atoms with E-state index in [2.05, 4.69) is 11.4 Å². The predicted molar refractivity (Wildman–Crippen MR) is 98.6 cm³/mol. The van der Waals surface area contributed by atoms with Gasteiger partial charge in [-0.05, 0) is 42.5 Å². The molecule has 5 heteroatoms. The van der Waals surface area contributed by atoms with Crippen LogP contribution in [0.2, 0.25) is 0 Å². The van der Waals surface area contributed by atoms with Crippen LogP contribution < -0.4 is 10.1 Å². The number of rotatable bonds is 5. The van der Waals surface area contributed by atoms with Crippen molar-refractivity contribution in [1.29, 1.82) is 5.26 Å². The third kappa shape index (κ3) is 3.70. The molecule has 0 heterocycles. The zero-order chi connectivity index (χ0) is 17.6. The van der Waals surface area contributed by atoms with Crippen LogP contribution in [-0.2, 0) is 10.8 Å². The zero-order valence-corrected chi connectivity index (χ0v) is 14.4. The second-order valence-corrected chi connectivity index (χ2v) is 6.68. The molecule has 25 heavy (non-hydrogen) atoms. The van der Waals surface area contributed by atoms with Crippen LogP contribution in [0.15, 0.2) is 82.6 Å². The van der Waals surface area contributed by atoms with Gasteiger partial charge in [0.1, 0.15) is 11.8 Å². The van der Waals surface area contributed by atoms with Gasteiger partial charge in [0.05, 0.1) is 34.1 Å². The molecule has 124 valence electrons. The Hall–Kier alpha value is -3.10. The first-order valence-corrected chi connectivity index (χ1v) is 8.79. The van der Waals surface area contributed by atoms with Gasteiger partial charge in [0, 0.05) is 10.6 Å². The van der Waals surface area contributed by atoms with Gasteiger partial charge in [-0.15, -0.1) is 0 Å². The summed E-state index contributed by atoms with van der Waals surface area (Å²) in [6, 6.07) is 24.1. The summed E-state index contributed by atoms with van der Waals surface area (Å²) in [6.45, 7) is 0. The minimum Gasteiger partial charge on any atom is -0.497 e. The van der Waals surface area contributed by atoms with Gasteiger partial charge in [0.25, 0.3) is 0 Å². The third-order valence-electron chi connectivity index (χ3n) is 3.65. The van der Waals surface area contributed by atoms with Crippen molar-refractivity contribution in [3.05, 3.63) is 78.4 Å². The van der Waals surface area contributed by atoms with Gasteiger partial charge in [0.15, 0.2) is 0 Å². The maximum atomic E-state index is 13.0. The second-order valence-electron chi connectivity index (χ2n) is 5.23. The van der Waals surface area contributed by atoms with Gasteiger partial charge in [-0.1, -0.05) is 30.3 Å². The monoisotopic (exact) mass is 348 g/mol.